The molecule has 0 radical (unpaired) electrons. The molecule has 6 heteroatoms. The number of carbonyl (C=O) groups excluding carboxylic acids is 1. The third kappa shape index (κ3) is 6.02. The Bertz CT molecular complexity index is 591. The fraction of sp³-hybridized carbons (Fsp3) is 0.154. The van der Waals surface area contributed by atoms with Gasteiger partial charge < -0.3 is 9.72 Å². The number of hydrogen-bond donors (Lipinski definition) is 2. The van der Waals surface area contributed by atoms with E-state index in [9.17, 15) is 14.4 Å². The molecule has 2 aromatic rings. The predicted molar refractivity (Wildman–Crippen MR) is 69.8 cm³/mol. The number of hydrogen-bond acceptors (Lipinski definition) is 4. The molecule has 0 spiro atoms. The zero-order valence-corrected chi connectivity index (χ0v) is 10.4. The van der Waals surface area contributed by atoms with Crippen LogP contribution in [0, 0.1) is 0 Å². The van der Waals surface area contributed by atoms with Crippen molar-refractivity contribution in [3.8, 4) is 0 Å². The van der Waals surface area contributed by atoms with Gasteiger partial charge in [0.25, 0.3) is 5.56 Å². The maximum absolute atomic E-state index is 10.8. The average Bonchev–Trinajstić information content (AvgIpc) is 2.40. The van der Waals surface area contributed by atoms with Crippen LogP contribution < -0.4 is 11.2 Å². The molecule has 100 valence electrons. The lowest BCUT2D eigenvalue weighted by Crippen LogP contribution is -2.19. The second kappa shape index (κ2) is 7.65. The Balaban J connectivity index is 0.000000200. The highest BCUT2D eigenvalue weighted by Crippen LogP contribution is 1.99. The molecule has 1 aromatic carbocycles. The summed E-state index contributed by atoms with van der Waals surface area (Å²) in [6.07, 6.45) is 1.65. The zero-order valence-electron chi connectivity index (χ0n) is 10.4. The van der Waals surface area contributed by atoms with Crippen LogP contribution in [0.5, 0.6) is 0 Å². The minimum Gasteiger partial charge on any atom is -0.469 e. The maximum atomic E-state index is 10.8. The van der Waals surface area contributed by atoms with E-state index >= 15 is 0 Å². The normalized spacial score (nSPS) is 9.11. The molecule has 0 amide bonds. The fourth-order valence-electron chi connectivity index (χ4n) is 1.22. The number of H-pyrrole nitrogens is 2. The number of nitrogens with one attached hydrogen (secondary N) is 2. The zero-order chi connectivity index (χ0) is 14.1. The topological polar surface area (TPSA) is 92.0 Å². The van der Waals surface area contributed by atoms with Gasteiger partial charge in [-0.25, -0.2) is 4.79 Å². The minimum atomic E-state index is -0.475. The third-order valence-corrected chi connectivity index (χ3v) is 2.10. The van der Waals surface area contributed by atoms with Gasteiger partial charge in [-0.3, -0.25) is 14.6 Å². The molecule has 2 N–H and O–H groups in total. The first-order chi connectivity index (χ1) is 9.11. The first kappa shape index (κ1) is 14.4. The highest BCUT2D eigenvalue weighted by molar-refractivity contribution is 5.72. The standard InChI is InChI=1S/C9H10O2.C4H4N2O2/c1-11-9(10)7-8-5-3-2-4-6-8;7-3-1-2-5-4(8)6-3/h2-6H,7H2,1H3;1-2H,(H2,5,6,7,8). The largest absolute Gasteiger partial charge is 0.469 e. The Morgan fingerprint density at radius 2 is 1.84 bits per heavy atom. The van der Waals surface area contributed by atoms with E-state index in [1.54, 1.807) is 0 Å². The Morgan fingerprint density at radius 1 is 1.16 bits per heavy atom. The first-order valence-corrected chi connectivity index (χ1v) is 5.50. The Kier molecular flexibility index (Phi) is 5.81. The van der Waals surface area contributed by atoms with E-state index in [4.69, 9.17) is 0 Å². The Labute approximate surface area is 109 Å². The van der Waals surface area contributed by atoms with Crippen molar-refractivity contribution < 1.29 is 9.53 Å². The molecular formula is C13H14N2O4. The lowest BCUT2D eigenvalue weighted by atomic mass is 10.2. The first-order valence-electron chi connectivity index (χ1n) is 5.50. The van der Waals surface area contributed by atoms with Crippen molar-refractivity contribution in [2.45, 2.75) is 6.42 Å². The van der Waals surface area contributed by atoms with Crippen molar-refractivity contribution in [2.75, 3.05) is 7.11 Å². The SMILES string of the molecule is COC(=O)Cc1ccccc1.O=c1cc[nH]c(=O)[nH]1. The maximum Gasteiger partial charge on any atom is 0.325 e. The number of methoxy groups -OCH3 is 1. The molecule has 6 nitrogen and oxygen atoms in total. The summed E-state index contributed by atoms with van der Waals surface area (Å²) in [6, 6.07) is 10.8. The van der Waals surface area contributed by atoms with E-state index in [1.807, 2.05) is 35.3 Å². The van der Waals surface area contributed by atoms with Gasteiger partial charge in [0.1, 0.15) is 0 Å². The van der Waals surface area contributed by atoms with Gasteiger partial charge in [-0.1, -0.05) is 30.3 Å². The van der Waals surface area contributed by atoms with Crippen molar-refractivity contribution in [3.63, 3.8) is 0 Å². The second-order valence-corrected chi connectivity index (χ2v) is 3.53. The Hall–Kier alpha value is -2.63. The molecular weight excluding hydrogens is 248 g/mol. The van der Waals surface area contributed by atoms with Gasteiger partial charge in [0.2, 0.25) is 0 Å². The molecule has 19 heavy (non-hydrogen) atoms. The van der Waals surface area contributed by atoms with Gasteiger partial charge in [0.05, 0.1) is 13.5 Å². The van der Waals surface area contributed by atoms with E-state index in [1.165, 1.54) is 19.4 Å². The summed E-state index contributed by atoms with van der Waals surface area (Å²) < 4.78 is 4.52. The molecule has 0 atom stereocenters. The summed E-state index contributed by atoms with van der Waals surface area (Å²) in [6.45, 7) is 0. The van der Waals surface area contributed by atoms with Crippen LogP contribution in [-0.2, 0) is 16.0 Å². The molecule has 0 aliphatic rings. The molecule has 0 fully saturated rings. The van der Waals surface area contributed by atoms with Gasteiger partial charge in [-0.05, 0) is 5.56 Å². The van der Waals surface area contributed by atoms with Crippen LogP contribution in [0.25, 0.3) is 0 Å². The molecule has 0 aliphatic carbocycles. The van der Waals surface area contributed by atoms with Crippen LogP contribution in [-0.4, -0.2) is 23.0 Å². The smallest absolute Gasteiger partial charge is 0.325 e. The van der Waals surface area contributed by atoms with Gasteiger partial charge in [-0.2, -0.15) is 0 Å². The highest BCUT2D eigenvalue weighted by atomic mass is 16.5. The number of carbonyl (C=O) groups is 1. The lowest BCUT2D eigenvalue weighted by Gasteiger charge is -1.97. The van der Waals surface area contributed by atoms with E-state index < -0.39 is 5.69 Å². The van der Waals surface area contributed by atoms with Crippen molar-refractivity contribution >= 4 is 5.97 Å². The number of aromatic amines is 2. The molecule has 1 heterocycles. The van der Waals surface area contributed by atoms with Crippen LogP contribution in [0.3, 0.4) is 0 Å². The molecule has 0 bridgehead atoms. The van der Waals surface area contributed by atoms with Crippen molar-refractivity contribution in [1.82, 2.24) is 9.97 Å². The van der Waals surface area contributed by atoms with E-state index in [0.29, 0.717) is 6.42 Å². The quantitative estimate of drug-likeness (QED) is 0.769. The van der Waals surface area contributed by atoms with E-state index in [2.05, 4.69) is 9.72 Å². The van der Waals surface area contributed by atoms with Crippen molar-refractivity contribution in [2.24, 2.45) is 0 Å². The number of benzene rings is 1. The number of rotatable bonds is 2. The molecule has 1 aromatic heterocycles. The summed E-state index contributed by atoms with van der Waals surface area (Å²) in [5.74, 6) is -0.198. The average molecular weight is 262 g/mol. The fourth-order valence-corrected chi connectivity index (χ4v) is 1.22. The van der Waals surface area contributed by atoms with E-state index in [0.717, 1.165) is 5.56 Å². The van der Waals surface area contributed by atoms with E-state index in [-0.39, 0.29) is 11.5 Å². The van der Waals surface area contributed by atoms with Gasteiger partial charge in [-0.15, -0.1) is 0 Å². The summed E-state index contributed by atoms with van der Waals surface area (Å²) in [5.41, 5.74) is 0.130. The summed E-state index contributed by atoms with van der Waals surface area (Å²) >= 11 is 0. The van der Waals surface area contributed by atoms with Crippen LogP contribution >= 0.6 is 0 Å². The molecule has 0 saturated carbocycles. The van der Waals surface area contributed by atoms with Crippen LogP contribution in [0.2, 0.25) is 0 Å². The van der Waals surface area contributed by atoms with Gasteiger partial charge >= 0.3 is 11.7 Å². The Morgan fingerprint density at radius 3 is 2.32 bits per heavy atom. The summed E-state index contributed by atoms with van der Waals surface area (Å²) in [7, 11) is 1.39. The second-order valence-electron chi connectivity index (χ2n) is 3.53. The van der Waals surface area contributed by atoms with Gasteiger partial charge in [0, 0.05) is 12.3 Å². The number of aromatic nitrogens is 2. The van der Waals surface area contributed by atoms with Crippen molar-refractivity contribution in [1.29, 1.82) is 0 Å². The predicted octanol–water partition coefficient (Wildman–Crippen LogP) is 0.465. The number of esters is 1. The monoisotopic (exact) mass is 262 g/mol. The lowest BCUT2D eigenvalue weighted by molar-refractivity contribution is -0.139. The van der Waals surface area contributed by atoms with Crippen LogP contribution in [0.1, 0.15) is 5.56 Å². The number of ether oxygens (including phenoxy) is 1. The third-order valence-electron chi connectivity index (χ3n) is 2.10. The summed E-state index contributed by atoms with van der Waals surface area (Å²) in [4.78, 5) is 35.4. The van der Waals surface area contributed by atoms with Crippen LogP contribution in [0.4, 0.5) is 0 Å². The minimum absolute atomic E-state index is 0.198. The van der Waals surface area contributed by atoms with Crippen molar-refractivity contribution in [3.05, 3.63) is 69.0 Å². The van der Waals surface area contributed by atoms with Gasteiger partial charge in [0.15, 0.2) is 0 Å². The summed E-state index contributed by atoms with van der Waals surface area (Å²) in [5, 5.41) is 0. The molecule has 0 aliphatic heterocycles. The highest BCUT2D eigenvalue weighted by Gasteiger charge is 1.99. The molecule has 2 rings (SSSR count). The molecule has 0 unspecified atom stereocenters. The van der Waals surface area contributed by atoms with Crippen LogP contribution in [0.15, 0.2) is 52.2 Å². The molecule has 0 saturated heterocycles.